The van der Waals surface area contributed by atoms with Crippen molar-refractivity contribution < 1.29 is 19.1 Å². The molecular formula is C19H26ClN5O4. The molecule has 2 amide bonds. The molecule has 3 heterocycles. The van der Waals surface area contributed by atoms with Crippen LogP contribution in [0.15, 0.2) is 12.4 Å². The predicted octanol–water partition coefficient (Wildman–Crippen LogP) is 0.621. The van der Waals surface area contributed by atoms with E-state index in [1.165, 1.54) is 19.5 Å². The topological polar surface area (TPSA) is 105 Å². The Kier molecular flexibility index (Phi) is 6.38. The van der Waals surface area contributed by atoms with E-state index in [9.17, 15) is 14.4 Å². The highest BCUT2D eigenvalue weighted by Gasteiger charge is 2.45. The maximum atomic E-state index is 12.8. The third-order valence-corrected chi connectivity index (χ3v) is 6.10. The van der Waals surface area contributed by atoms with Gasteiger partial charge in [-0.05, 0) is 26.7 Å². The first-order valence-corrected chi connectivity index (χ1v) is 9.98. The van der Waals surface area contributed by atoms with E-state index in [4.69, 9.17) is 16.3 Å². The van der Waals surface area contributed by atoms with Crippen LogP contribution in [0.1, 0.15) is 32.4 Å². The number of piperazine rings is 1. The zero-order valence-electron chi connectivity index (χ0n) is 16.9. The van der Waals surface area contributed by atoms with Crippen LogP contribution in [0.2, 0.25) is 5.15 Å². The molecule has 9 nitrogen and oxygen atoms in total. The summed E-state index contributed by atoms with van der Waals surface area (Å²) < 4.78 is 4.88. The summed E-state index contributed by atoms with van der Waals surface area (Å²) in [7, 11) is 1.35. The van der Waals surface area contributed by atoms with Crippen LogP contribution in [0.5, 0.6) is 0 Å². The van der Waals surface area contributed by atoms with Crippen LogP contribution >= 0.6 is 11.6 Å². The third kappa shape index (κ3) is 4.51. The molecule has 0 spiro atoms. The van der Waals surface area contributed by atoms with Gasteiger partial charge in [0.2, 0.25) is 11.8 Å². The first kappa shape index (κ1) is 21.4. The molecule has 0 aliphatic carbocycles. The van der Waals surface area contributed by atoms with Crippen molar-refractivity contribution in [3.63, 3.8) is 0 Å². The molecule has 0 radical (unpaired) electrons. The summed E-state index contributed by atoms with van der Waals surface area (Å²) in [5, 5.41) is 3.10. The molecule has 2 fully saturated rings. The zero-order valence-corrected chi connectivity index (χ0v) is 17.6. The van der Waals surface area contributed by atoms with Gasteiger partial charge in [0.05, 0.1) is 31.8 Å². The lowest BCUT2D eigenvalue weighted by Crippen LogP contribution is -2.65. The number of hydrogen-bond donors (Lipinski definition) is 1. The minimum Gasteiger partial charge on any atom is -0.468 e. The number of ether oxygens (including phenoxy) is 1. The number of nitrogens with zero attached hydrogens (tertiary/aromatic N) is 4. The molecule has 0 saturated carbocycles. The lowest BCUT2D eigenvalue weighted by atomic mass is 9.88. The molecule has 2 aliphatic rings. The predicted molar refractivity (Wildman–Crippen MR) is 105 cm³/mol. The summed E-state index contributed by atoms with van der Waals surface area (Å²) in [6.45, 7) is 4.80. The van der Waals surface area contributed by atoms with Gasteiger partial charge in [0.1, 0.15) is 5.54 Å². The smallest absolute Gasteiger partial charge is 0.325 e. The van der Waals surface area contributed by atoms with Crippen molar-refractivity contribution >= 4 is 29.4 Å². The van der Waals surface area contributed by atoms with E-state index < -0.39 is 5.54 Å². The number of methoxy groups -OCH3 is 1. The van der Waals surface area contributed by atoms with Crippen molar-refractivity contribution in [1.82, 2.24) is 25.1 Å². The van der Waals surface area contributed by atoms with E-state index in [0.717, 1.165) is 0 Å². The van der Waals surface area contributed by atoms with Crippen molar-refractivity contribution in [2.45, 2.75) is 44.8 Å². The van der Waals surface area contributed by atoms with Crippen LogP contribution in [0.4, 0.5) is 0 Å². The number of hydrogen-bond acceptors (Lipinski definition) is 7. The second-order valence-corrected chi connectivity index (χ2v) is 8.27. The third-order valence-electron chi connectivity index (χ3n) is 5.78. The number of amides is 2. The Bertz CT molecular complexity index is 803. The molecule has 0 bridgehead atoms. The van der Waals surface area contributed by atoms with Crippen LogP contribution in [0.25, 0.3) is 0 Å². The number of fused-ring (bicyclic) bond motifs is 1. The number of nitrogens with one attached hydrogen (secondary N) is 1. The van der Waals surface area contributed by atoms with Crippen LogP contribution in [-0.2, 0) is 25.7 Å². The van der Waals surface area contributed by atoms with Crippen molar-refractivity contribution in [1.29, 1.82) is 0 Å². The number of esters is 1. The minimum absolute atomic E-state index is 0.0151. The van der Waals surface area contributed by atoms with Gasteiger partial charge >= 0.3 is 5.97 Å². The van der Waals surface area contributed by atoms with Gasteiger partial charge in [-0.3, -0.25) is 24.3 Å². The molecule has 29 heavy (non-hydrogen) atoms. The van der Waals surface area contributed by atoms with Gasteiger partial charge in [0.25, 0.3) is 0 Å². The molecule has 2 saturated heterocycles. The molecular weight excluding hydrogens is 398 g/mol. The van der Waals surface area contributed by atoms with Crippen molar-refractivity contribution in [2.24, 2.45) is 5.92 Å². The normalized spacial score (nSPS) is 22.8. The molecule has 1 N–H and O–H groups in total. The van der Waals surface area contributed by atoms with Gasteiger partial charge in [0, 0.05) is 31.5 Å². The number of carbonyl (C=O) groups excluding carboxylic acids is 3. The standard InChI is InChI=1S/C19H26ClN5O4/c1-19(2,18(28)29-3)24-10-13-5-4-12(9-25(13)15(26)11-24)17(27)23-8-14-16(20)22-7-6-21-14/h6-7,12-13H,4-5,8-11H2,1-3H3,(H,23,27)/t12-,13+/m0/s1. The number of aromatic nitrogens is 2. The van der Waals surface area contributed by atoms with E-state index in [1.54, 1.807) is 18.7 Å². The summed E-state index contributed by atoms with van der Waals surface area (Å²) in [6, 6.07) is -0.0151. The average Bonchev–Trinajstić information content (AvgIpc) is 2.71. The Labute approximate surface area is 174 Å². The Morgan fingerprint density at radius 3 is 2.69 bits per heavy atom. The van der Waals surface area contributed by atoms with E-state index >= 15 is 0 Å². The van der Waals surface area contributed by atoms with E-state index in [1.807, 2.05) is 4.90 Å². The maximum Gasteiger partial charge on any atom is 0.325 e. The molecule has 158 valence electrons. The number of carbonyl (C=O) groups is 3. The van der Waals surface area contributed by atoms with Crippen LogP contribution in [-0.4, -0.2) is 75.9 Å². The molecule has 3 rings (SSSR count). The highest BCUT2D eigenvalue weighted by Crippen LogP contribution is 2.29. The Morgan fingerprint density at radius 2 is 2.00 bits per heavy atom. The SMILES string of the molecule is COC(=O)C(C)(C)N1CC(=O)N2C[C@@H](C(=O)NCc3nccnc3Cl)CC[C@@H]2C1. The van der Waals surface area contributed by atoms with Crippen LogP contribution < -0.4 is 5.32 Å². The number of piperidine rings is 1. The van der Waals surface area contributed by atoms with E-state index in [0.29, 0.717) is 31.6 Å². The fourth-order valence-electron chi connectivity index (χ4n) is 3.90. The molecule has 1 aromatic rings. The Balaban J connectivity index is 1.59. The molecule has 2 aliphatic heterocycles. The number of halogens is 1. The van der Waals surface area contributed by atoms with Gasteiger partial charge in [-0.2, -0.15) is 0 Å². The summed E-state index contributed by atoms with van der Waals surface area (Å²) in [5.41, 5.74) is -0.369. The zero-order chi connectivity index (χ0) is 21.2. The van der Waals surface area contributed by atoms with Crippen molar-refractivity contribution in [3.05, 3.63) is 23.2 Å². The quantitative estimate of drug-likeness (QED) is 0.692. The molecule has 0 aromatic carbocycles. The van der Waals surface area contributed by atoms with E-state index in [-0.39, 0.29) is 48.0 Å². The van der Waals surface area contributed by atoms with Crippen LogP contribution in [0.3, 0.4) is 0 Å². The van der Waals surface area contributed by atoms with Gasteiger partial charge in [-0.1, -0.05) is 11.6 Å². The van der Waals surface area contributed by atoms with E-state index in [2.05, 4.69) is 15.3 Å². The fraction of sp³-hybridized carbons (Fsp3) is 0.632. The molecule has 1 aromatic heterocycles. The van der Waals surface area contributed by atoms with Crippen molar-refractivity contribution in [3.8, 4) is 0 Å². The average molecular weight is 424 g/mol. The highest BCUT2D eigenvalue weighted by atomic mass is 35.5. The molecule has 0 unspecified atom stereocenters. The molecule has 2 atom stereocenters. The summed E-state index contributed by atoms with van der Waals surface area (Å²) in [5.74, 6) is -0.858. The first-order chi connectivity index (χ1) is 13.7. The summed E-state index contributed by atoms with van der Waals surface area (Å²) in [6.07, 6.45) is 4.37. The lowest BCUT2D eigenvalue weighted by Gasteiger charge is -2.49. The van der Waals surface area contributed by atoms with Gasteiger partial charge in [-0.25, -0.2) is 4.98 Å². The van der Waals surface area contributed by atoms with Crippen LogP contribution in [0, 0.1) is 5.92 Å². The Hall–Kier alpha value is -2.26. The molecule has 10 heteroatoms. The summed E-state index contributed by atoms with van der Waals surface area (Å²) >= 11 is 5.97. The van der Waals surface area contributed by atoms with Gasteiger partial charge < -0.3 is 15.0 Å². The maximum absolute atomic E-state index is 12.8. The largest absolute Gasteiger partial charge is 0.468 e. The second-order valence-electron chi connectivity index (χ2n) is 7.92. The van der Waals surface area contributed by atoms with Gasteiger partial charge in [0.15, 0.2) is 5.15 Å². The summed E-state index contributed by atoms with van der Waals surface area (Å²) in [4.78, 5) is 49.1. The second kappa shape index (κ2) is 8.62. The first-order valence-electron chi connectivity index (χ1n) is 9.60. The van der Waals surface area contributed by atoms with Gasteiger partial charge in [-0.15, -0.1) is 0 Å². The fourth-order valence-corrected chi connectivity index (χ4v) is 4.07. The van der Waals surface area contributed by atoms with Crippen molar-refractivity contribution in [2.75, 3.05) is 26.7 Å². The Morgan fingerprint density at radius 1 is 1.28 bits per heavy atom. The number of rotatable bonds is 5. The minimum atomic E-state index is -0.874. The monoisotopic (exact) mass is 423 g/mol. The highest BCUT2D eigenvalue weighted by molar-refractivity contribution is 6.29. The lowest BCUT2D eigenvalue weighted by molar-refractivity contribution is -0.161.